The summed E-state index contributed by atoms with van der Waals surface area (Å²) in [6.45, 7) is 8.40. The zero-order valence-corrected chi connectivity index (χ0v) is 13.2. The van der Waals surface area contributed by atoms with Gasteiger partial charge < -0.3 is 11.1 Å². The molecule has 2 atom stereocenters. The molecule has 0 spiro atoms. The molecule has 1 fully saturated rings. The highest BCUT2D eigenvalue weighted by Gasteiger charge is 2.25. The molecular formula is C16H32N2O. The van der Waals surface area contributed by atoms with E-state index in [4.69, 9.17) is 5.73 Å². The summed E-state index contributed by atoms with van der Waals surface area (Å²) < 4.78 is 0. The van der Waals surface area contributed by atoms with Gasteiger partial charge in [0.25, 0.3) is 0 Å². The molecule has 0 heterocycles. The standard InChI is InChI=1S/C16H32N2O/c1-12(13-9-7-5-6-8-10-13)18-15(19)11-14(17)16(2,3)4/h12-14H,5-11,17H2,1-4H3,(H,18,19)/t12-,14?/m1/s1. The molecule has 3 N–H and O–H groups in total. The van der Waals surface area contributed by atoms with Crippen molar-refractivity contribution in [3.05, 3.63) is 0 Å². The molecule has 3 nitrogen and oxygen atoms in total. The Balaban J connectivity index is 2.38. The molecule has 1 saturated carbocycles. The number of hydrogen-bond donors (Lipinski definition) is 2. The molecule has 0 saturated heterocycles. The highest BCUT2D eigenvalue weighted by atomic mass is 16.1. The van der Waals surface area contributed by atoms with Crippen LogP contribution in [-0.2, 0) is 4.79 Å². The van der Waals surface area contributed by atoms with Gasteiger partial charge in [0.05, 0.1) is 0 Å². The van der Waals surface area contributed by atoms with Crippen molar-refractivity contribution < 1.29 is 4.79 Å². The molecular weight excluding hydrogens is 236 g/mol. The third-order valence-corrected chi connectivity index (χ3v) is 4.51. The van der Waals surface area contributed by atoms with Crippen LogP contribution in [-0.4, -0.2) is 18.0 Å². The van der Waals surface area contributed by atoms with E-state index in [0.29, 0.717) is 12.3 Å². The van der Waals surface area contributed by atoms with Gasteiger partial charge in [0.1, 0.15) is 0 Å². The van der Waals surface area contributed by atoms with Gasteiger partial charge in [0, 0.05) is 18.5 Å². The monoisotopic (exact) mass is 268 g/mol. The molecule has 19 heavy (non-hydrogen) atoms. The zero-order chi connectivity index (χ0) is 14.5. The van der Waals surface area contributed by atoms with Crippen molar-refractivity contribution in [1.82, 2.24) is 5.32 Å². The van der Waals surface area contributed by atoms with Crippen LogP contribution in [0, 0.1) is 11.3 Å². The smallest absolute Gasteiger partial charge is 0.221 e. The van der Waals surface area contributed by atoms with Crippen LogP contribution in [0.2, 0.25) is 0 Å². The predicted octanol–water partition coefficient (Wildman–Crippen LogP) is 3.23. The first-order chi connectivity index (χ1) is 8.80. The number of carbonyl (C=O) groups is 1. The second kappa shape index (κ2) is 7.28. The number of rotatable bonds is 4. The minimum atomic E-state index is -0.0752. The summed E-state index contributed by atoms with van der Waals surface area (Å²) in [6.07, 6.45) is 8.27. The van der Waals surface area contributed by atoms with Crippen molar-refractivity contribution in [1.29, 1.82) is 0 Å². The molecule has 0 aromatic heterocycles. The Morgan fingerprint density at radius 1 is 1.21 bits per heavy atom. The van der Waals surface area contributed by atoms with Crippen LogP contribution in [0.1, 0.15) is 72.6 Å². The van der Waals surface area contributed by atoms with E-state index in [-0.39, 0.29) is 23.4 Å². The van der Waals surface area contributed by atoms with E-state index in [1.165, 1.54) is 38.5 Å². The molecule has 3 heteroatoms. The number of amides is 1. The molecule has 0 aromatic rings. The molecule has 1 unspecified atom stereocenters. The van der Waals surface area contributed by atoms with Gasteiger partial charge in [-0.2, -0.15) is 0 Å². The van der Waals surface area contributed by atoms with Crippen LogP contribution in [0.25, 0.3) is 0 Å². The first-order valence-electron chi connectivity index (χ1n) is 7.85. The lowest BCUT2D eigenvalue weighted by Crippen LogP contribution is -2.44. The number of carbonyl (C=O) groups excluding carboxylic acids is 1. The third-order valence-electron chi connectivity index (χ3n) is 4.51. The summed E-state index contributed by atoms with van der Waals surface area (Å²) in [7, 11) is 0. The first-order valence-corrected chi connectivity index (χ1v) is 7.85. The zero-order valence-electron chi connectivity index (χ0n) is 13.2. The maximum atomic E-state index is 12.0. The average molecular weight is 268 g/mol. The minimum Gasteiger partial charge on any atom is -0.353 e. The Morgan fingerprint density at radius 3 is 2.21 bits per heavy atom. The van der Waals surface area contributed by atoms with Crippen LogP contribution in [0.4, 0.5) is 0 Å². The van der Waals surface area contributed by atoms with Crippen molar-refractivity contribution in [3.63, 3.8) is 0 Å². The Hall–Kier alpha value is -0.570. The van der Waals surface area contributed by atoms with E-state index in [2.05, 4.69) is 33.0 Å². The van der Waals surface area contributed by atoms with Crippen molar-refractivity contribution >= 4 is 5.91 Å². The van der Waals surface area contributed by atoms with E-state index < -0.39 is 0 Å². The van der Waals surface area contributed by atoms with Gasteiger partial charge in [-0.3, -0.25) is 4.79 Å². The van der Waals surface area contributed by atoms with Crippen molar-refractivity contribution in [3.8, 4) is 0 Å². The lowest BCUT2D eigenvalue weighted by molar-refractivity contribution is -0.122. The topological polar surface area (TPSA) is 55.1 Å². The fourth-order valence-electron chi connectivity index (χ4n) is 2.75. The van der Waals surface area contributed by atoms with E-state index in [9.17, 15) is 4.79 Å². The molecule has 112 valence electrons. The maximum absolute atomic E-state index is 12.0. The van der Waals surface area contributed by atoms with Gasteiger partial charge in [0.2, 0.25) is 5.91 Å². The minimum absolute atomic E-state index is 0.0110. The van der Waals surface area contributed by atoms with Crippen LogP contribution in [0.5, 0.6) is 0 Å². The van der Waals surface area contributed by atoms with Gasteiger partial charge in [0.15, 0.2) is 0 Å². The van der Waals surface area contributed by atoms with Gasteiger partial charge in [-0.05, 0) is 31.1 Å². The molecule has 1 amide bonds. The Morgan fingerprint density at radius 2 is 1.74 bits per heavy atom. The normalized spacial score (nSPS) is 21.5. The lowest BCUT2D eigenvalue weighted by atomic mass is 9.85. The van der Waals surface area contributed by atoms with E-state index in [1.54, 1.807) is 0 Å². The predicted molar refractivity (Wildman–Crippen MR) is 80.8 cm³/mol. The fourth-order valence-corrected chi connectivity index (χ4v) is 2.75. The second-order valence-electron chi connectivity index (χ2n) is 7.28. The largest absolute Gasteiger partial charge is 0.353 e. The van der Waals surface area contributed by atoms with E-state index in [0.717, 1.165) is 0 Å². The molecule has 1 aliphatic carbocycles. The van der Waals surface area contributed by atoms with E-state index >= 15 is 0 Å². The lowest BCUT2D eigenvalue weighted by Gasteiger charge is -2.28. The summed E-state index contributed by atoms with van der Waals surface area (Å²) in [5.74, 6) is 0.761. The number of nitrogens with one attached hydrogen (secondary N) is 1. The fraction of sp³-hybridized carbons (Fsp3) is 0.938. The summed E-state index contributed by atoms with van der Waals surface area (Å²) in [5, 5.41) is 3.16. The quantitative estimate of drug-likeness (QED) is 0.769. The van der Waals surface area contributed by atoms with Gasteiger partial charge in [-0.1, -0.05) is 46.5 Å². The highest BCUT2D eigenvalue weighted by molar-refractivity contribution is 5.77. The maximum Gasteiger partial charge on any atom is 0.221 e. The summed E-state index contributed by atoms with van der Waals surface area (Å²) in [5.41, 5.74) is 6.06. The molecule has 0 radical (unpaired) electrons. The van der Waals surface area contributed by atoms with Crippen LogP contribution in [0.15, 0.2) is 0 Å². The molecule has 1 aliphatic rings. The van der Waals surface area contributed by atoms with Gasteiger partial charge in [-0.15, -0.1) is 0 Å². The summed E-state index contributed by atoms with van der Waals surface area (Å²) >= 11 is 0. The van der Waals surface area contributed by atoms with Crippen LogP contribution in [0.3, 0.4) is 0 Å². The SMILES string of the molecule is C[C@@H](NC(=O)CC(N)C(C)(C)C)C1CCCCCC1. The Labute approximate surface area is 118 Å². The van der Waals surface area contributed by atoms with Crippen LogP contribution >= 0.6 is 0 Å². The van der Waals surface area contributed by atoms with Crippen molar-refractivity contribution in [2.24, 2.45) is 17.1 Å². The Kier molecular flexibility index (Phi) is 6.31. The molecule has 0 aromatic carbocycles. The average Bonchev–Trinajstić information content (AvgIpc) is 2.55. The highest BCUT2D eigenvalue weighted by Crippen LogP contribution is 2.25. The molecule has 1 rings (SSSR count). The number of nitrogens with two attached hydrogens (primary N) is 1. The van der Waals surface area contributed by atoms with Crippen molar-refractivity contribution in [2.75, 3.05) is 0 Å². The molecule has 0 bridgehead atoms. The van der Waals surface area contributed by atoms with Gasteiger partial charge >= 0.3 is 0 Å². The Bertz CT molecular complexity index is 275. The second-order valence-corrected chi connectivity index (χ2v) is 7.28. The van der Waals surface area contributed by atoms with Crippen molar-refractivity contribution in [2.45, 2.75) is 84.7 Å². The summed E-state index contributed by atoms with van der Waals surface area (Å²) in [4.78, 5) is 12.0. The number of hydrogen-bond acceptors (Lipinski definition) is 2. The first kappa shape index (κ1) is 16.5. The van der Waals surface area contributed by atoms with Gasteiger partial charge in [-0.25, -0.2) is 0 Å². The third kappa shape index (κ3) is 5.94. The van der Waals surface area contributed by atoms with E-state index in [1.807, 2.05) is 0 Å². The van der Waals surface area contributed by atoms with Crippen LogP contribution < -0.4 is 11.1 Å². The molecule has 0 aliphatic heterocycles. The summed E-state index contributed by atoms with van der Waals surface area (Å²) in [6, 6.07) is 0.214.